The quantitative estimate of drug-likeness (QED) is 0.356. The Bertz CT molecular complexity index is 719. The molecule has 1 unspecified atom stereocenters. The molecule has 0 amide bonds. The Hall–Kier alpha value is -1.61. The Morgan fingerprint density at radius 3 is 2.69 bits per heavy atom. The molecule has 1 heterocycles. The molecule has 0 bridgehead atoms. The van der Waals surface area contributed by atoms with E-state index in [2.05, 4.69) is 15.6 Å². The molecule has 2 rings (SSSR count). The first kappa shape index (κ1) is 22.4. The van der Waals surface area contributed by atoms with E-state index in [1.165, 1.54) is 6.07 Å². The summed E-state index contributed by atoms with van der Waals surface area (Å²) >= 11 is 0. The highest BCUT2D eigenvalue weighted by Gasteiger charge is 2.11. The van der Waals surface area contributed by atoms with Crippen molar-refractivity contribution in [2.45, 2.75) is 40.0 Å². The molecular formula is C19H27FIN3O2. The molecule has 5 nitrogen and oxygen atoms in total. The number of aryl methyl sites for hydroxylation is 1. The van der Waals surface area contributed by atoms with Gasteiger partial charge in [-0.1, -0.05) is 6.07 Å². The molecule has 7 heteroatoms. The summed E-state index contributed by atoms with van der Waals surface area (Å²) in [6.45, 7) is 7.37. The fraction of sp³-hybridized carbons (Fsp3) is 0.421. The third-order valence-electron chi connectivity index (χ3n) is 3.72. The monoisotopic (exact) mass is 475 g/mol. The molecular weight excluding hydrogens is 448 g/mol. The lowest BCUT2D eigenvalue weighted by molar-refractivity contribution is 0.181. The number of nitrogens with zero attached hydrogens (tertiary/aromatic N) is 1. The van der Waals surface area contributed by atoms with Gasteiger partial charge in [-0.2, -0.15) is 0 Å². The zero-order valence-corrected chi connectivity index (χ0v) is 18.0. The molecule has 1 aromatic carbocycles. The summed E-state index contributed by atoms with van der Waals surface area (Å²) in [7, 11) is 1.55. The first-order valence-corrected chi connectivity index (χ1v) is 8.41. The lowest BCUT2D eigenvalue weighted by atomic mass is 10.1. The van der Waals surface area contributed by atoms with E-state index in [1.807, 2.05) is 32.9 Å². The van der Waals surface area contributed by atoms with Crippen LogP contribution >= 0.6 is 24.0 Å². The second-order valence-corrected chi connectivity index (χ2v) is 5.87. The smallest absolute Gasteiger partial charge is 0.192 e. The van der Waals surface area contributed by atoms with Crippen LogP contribution in [0.5, 0.6) is 0 Å². The lowest BCUT2D eigenvalue weighted by Gasteiger charge is -2.16. The Balaban J connectivity index is 0.00000338. The average Bonchev–Trinajstić information content (AvgIpc) is 3.02. The van der Waals surface area contributed by atoms with Crippen molar-refractivity contribution in [3.05, 3.63) is 58.8 Å². The van der Waals surface area contributed by atoms with Crippen LogP contribution in [0, 0.1) is 12.7 Å². The highest BCUT2D eigenvalue weighted by Crippen LogP contribution is 2.16. The zero-order valence-electron chi connectivity index (χ0n) is 15.6. The minimum atomic E-state index is -0.263. The Morgan fingerprint density at radius 2 is 2.08 bits per heavy atom. The van der Waals surface area contributed by atoms with Gasteiger partial charge < -0.3 is 19.8 Å². The van der Waals surface area contributed by atoms with Crippen LogP contribution < -0.4 is 10.6 Å². The van der Waals surface area contributed by atoms with Crippen molar-refractivity contribution in [3.8, 4) is 0 Å². The van der Waals surface area contributed by atoms with E-state index in [-0.39, 0.29) is 42.4 Å². The highest BCUT2D eigenvalue weighted by atomic mass is 127. The van der Waals surface area contributed by atoms with Crippen molar-refractivity contribution in [2.75, 3.05) is 13.7 Å². The summed E-state index contributed by atoms with van der Waals surface area (Å²) in [5, 5.41) is 6.53. The van der Waals surface area contributed by atoms with Gasteiger partial charge in [0.25, 0.3) is 0 Å². The minimum absolute atomic E-state index is 0. The van der Waals surface area contributed by atoms with Crippen molar-refractivity contribution >= 4 is 29.9 Å². The van der Waals surface area contributed by atoms with Crippen molar-refractivity contribution in [2.24, 2.45) is 4.99 Å². The summed E-state index contributed by atoms with van der Waals surface area (Å²) in [6, 6.07) is 8.85. The number of furan rings is 1. The summed E-state index contributed by atoms with van der Waals surface area (Å²) in [4.78, 5) is 4.58. The van der Waals surface area contributed by atoms with E-state index < -0.39 is 0 Å². The van der Waals surface area contributed by atoms with Gasteiger partial charge in [-0.15, -0.1) is 24.0 Å². The number of nitrogens with one attached hydrogen (secondary N) is 2. The van der Waals surface area contributed by atoms with Crippen LogP contribution in [0.1, 0.15) is 42.5 Å². The molecule has 0 saturated heterocycles. The molecule has 0 saturated carbocycles. The Kier molecular flexibility index (Phi) is 9.64. The van der Waals surface area contributed by atoms with Gasteiger partial charge in [0.1, 0.15) is 17.3 Å². The van der Waals surface area contributed by atoms with E-state index in [4.69, 9.17) is 9.15 Å². The molecule has 26 heavy (non-hydrogen) atoms. The van der Waals surface area contributed by atoms with Gasteiger partial charge >= 0.3 is 0 Å². The SMILES string of the molecule is CCNC(=NCc1ccc(F)c(COC)c1)NC(C)c1ccc(C)o1.I. The molecule has 0 aliphatic heterocycles. The molecule has 0 fully saturated rings. The normalized spacial score (nSPS) is 12.4. The van der Waals surface area contributed by atoms with Gasteiger partial charge in [-0.05, 0) is 50.6 Å². The van der Waals surface area contributed by atoms with E-state index in [1.54, 1.807) is 19.2 Å². The number of rotatable bonds is 7. The predicted molar refractivity (Wildman–Crippen MR) is 112 cm³/mol. The molecule has 0 radical (unpaired) electrons. The van der Waals surface area contributed by atoms with Crippen LogP contribution in [0.15, 0.2) is 39.7 Å². The van der Waals surface area contributed by atoms with Crippen LogP contribution in [0.25, 0.3) is 0 Å². The van der Waals surface area contributed by atoms with E-state index >= 15 is 0 Å². The number of aliphatic imine (C=N–C) groups is 1. The van der Waals surface area contributed by atoms with Crippen molar-refractivity contribution in [3.63, 3.8) is 0 Å². The molecule has 0 spiro atoms. The van der Waals surface area contributed by atoms with Gasteiger partial charge in [0.2, 0.25) is 0 Å². The summed E-state index contributed by atoms with van der Waals surface area (Å²) in [6.07, 6.45) is 0. The van der Waals surface area contributed by atoms with E-state index in [9.17, 15) is 4.39 Å². The molecule has 2 aromatic rings. The van der Waals surface area contributed by atoms with Gasteiger partial charge in [-0.25, -0.2) is 9.38 Å². The van der Waals surface area contributed by atoms with Crippen LogP contribution in [0.4, 0.5) is 4.39 Å². The second-order valence-electron chi connectivity index (χ2n) is 5.87. The maximum absolute atomic E-state index is 13.7. The number of methoxy groups -OCH3 is 1. The predicted octanol–water partition coefficient (Wildman–Crippen LogP) is 4.31. The molecule has 144 valence electrons. The maximum atomic E-state index is 13.7. The topological polar surface area (TPSA) is 58.8 Å². The van der Waals surface area contributed by atoms with Gasteiger partial charge in [0, 0.05) is 19.2 Å². The first-order valence-electron chi connectivity index (χ1n) is 8.41. The van der Waals surface area contributed by atoms with Crippen LogP contribution in [0.3, 0.4) is 0 Å². The summed E-state index contributed by atoms with van der Waals surface area (Å²) in [5.74, 6) is 2.15. The third-order valence-corrected chi connectivity index (χ3v) is 3.72. The van der Waals surface area contributed by atoms with Crippen LogP contribution in [-0.2, 0) is 17.9 Å². The summed E-state index contributed by atoms with van der Waals surface area (Å²) < 4.78 is 24.3. The lowest BCUT2D eigenvalue weighted by Crippen LogP contribution is -2.38. The molecule has 0 aliphatic carbocycles. The number of benzene rings is 1. The Morgan fingerprint density at radius 1 is 1.31 bits per heavy atom. The van der Waals surface area contributed by atoms with Gasteiger partial charge in [-0.3, -0.25) is 0 Å². The fourth-order valence-corrected chi connectivity index (χ4v) is 2.45. The molecule has 1 aromatic heterocycles. The molecule has 2 N–H and O–H groups in total. The number of hydrogen-bond donors (Lipinski definition) is 2. The number of halogens is 2. The summed E-state index contributed by atoms with van der Waals surface area (Å²) in [5.41, 5.74) is 1.46. The number of guanidine groups is 1. The van der Waals surface area contributed by atoms with Crippen LogP contribution in [-0.4, -0.2) is 19.6 Å². The van der Waals surface area contributed by atoms with E-state index in [0.717, 1.165) is 23.6 Å². The van der Waals surface area contributed by atoms with Crippen LogP contribution in [0.2, 0.25) is 0 Å². The van der Waals surface area contributed by atoms with Crippen molar-refractivity contribution < 1.29 is 13.5 Å². The third kappa shape index (κ3) is 6.60. The minimum Gasteiger partial charge on any atom is -0.464 e. The average molecular weight is 475 g/mol. The van der Waals surface area contributed by atoms with Gasteiger partial charge in [0.05, 0.1) is 19.2 Å². The maximum Gasteiger partial charge on any atom is 0.192 e. The largest absolute Gasteiger partial charge is 0.464 e. The fourth-order valence-electron chi connectivity index (χ4n) is 2.45. The first-order chi connectivity index (χ1) is 12.0. The highest BCUT2D eigenvalue weighted by molar-refractivity contribution is 14.0. The van der Waals surface area contributed by atoms with Crippen molar-refractivity contribution in [1.29, 1.82) is 0 Å². The molecule has 1 atom stereocenters. The molecule has 0 aliphatic rings. The zero-order chi connectivity index (χ0) is 18.2. The van der Waals surface area contributed by atoms with Gasteiger partial charge in [0.15, 0.2) is 5.96 Å². The second kappa shape index (κ2) is 11.2. The van der Waals surface area contributed by atoms with Crippen molar-refractivity contribution in [1.82, 2.24) is 10.6 Å². The number of hydrogen-bond acceptors (Lipinski definition) is 3. The standard InChI is InChI=1S/C19H26FN3O2.HI/c1-5-21-19(23-14(3)18-9-6-13(2)25-18)22-11-15-7-8-17(20)16(10-15)12-24-4;/h6-10,14H,5,11-12H2,1-4H3,(H2,21,22,23);1H. The van der Waals surface area contributed by atoms with E-state index in [0.29, 0.717) is 18.1 Å². The Labute approximate surface area is 171 Å². The number of ether oxygens (including phenoxy) is 1.